The van der Waals surface area contributed by atoms with Gasteiger partial charge in [-0.25, -0.2) is 0 Å². The summed E-state index contributed by atoms with van der Waals surface area (Å²) in [7, 11) is 0. The molecule has 0 aliphatic carbocycles. The molecule has 30 heavy (non-hydrogen) atoms. The number of furan rings is 1. The van der Waals surface area contributed by atoms with E-state index in [0.717, 1.165) is 11.1 Å². The van der Waals surface area contributed by atoms with Crippen LogP contribution >= 0.6 is 0 Å². The molecule has 1 aliphatic heterocycles. The van der Waals surface area contributed by atoms with Crippen LogP contribution in [0.15, 0.2) is 68.4 Å². The number of aryl methyl sites for hydroxylation is 2. The average molecular weight is 401 g/mol. The first kappa shape index (κ1) is 18.2. The third-order valence-corrected chi connectivity index (χ3v) is 5.67. The Bertz CT molecular complexity index is 1350. The van der Waals surface area contributed by atoms with E-state index in [1.165, 1.54) is 6.26 Å². The smallest absolute Gasteiger partial charge is 0.291 e. The fourth-order valence-corrected chi connectivity index (χ4v) is 4.05. The second-order valence-electron chi connectivity index (χ2n) is 7.62. The summed E-state index contributed by atoms with van der Waals surface area (Å²) in [4.78, 5) is 28.4. The van der Waals surface area contributed by atoms with Crippen LogP contribution in [0.3, 0.4) is 0 Å². The van der Waals surface area contributed by atoms with Crippen molar-refractivity contribution in [2.45, 2.75) is 26.4 Å². The number of amides is 1. The summed E-state index contributed by atoms with van der Waals surface area (Å²) in [5.41, 5.74) is 3.02. The molecule has 6 nitrogen and oxygen atoms in total. The van der Waals surface area contributed by atoms with Crippen LogP contribution in [-0.4, -0.2) is 15.9 Å². The Morgan fingerprint density at radius 1 is 1.03 bits per heavy atom. The number of carbonyl (C=O) groups excluding carboxylic acids is 1. The Kier molecular flexibility index (Phi) is 4.03. The van der Waals surface area contributed by atoms with Crippen molar-refractivity contribution in [2.75, 3.05) is 0 Å². The maximum atomic E-state index is 13.5. The van der Waals surface area contributed by atoms with Gasteiger partial charge in [0.05, 0.1) is 29.8 Å². The summed E-state index contributed by atoms with van der Waals surface area (Å²) in [6.45, 7) is 4.04. The molecule has 2 aromatic carbocycles. The van der Waals surface area contributed by atoms with Crippen molar-refractivity contribution in [3.8, 4) is 5.75 Å². The van der Waals surface area contributed by atoms with Crippen molar-refractivity contribution in [2.24, 2.45) is 0 Å². The zero-order chi connectivity index (χ0) is 21.0. The molecule has 0 spiro atoms. The van der Waals surface area contributed by atoms with Crippen LogP contribution in [0.25, 0.3) is 11.0 Å². The second kappa shape index (κ2) is 6.62. The highest BCUT2D eigenvalue weighted by molar-refractivity contribution is 5.99. The normalized spacial score (nSPS) is 15.7. The highest BCUT2D eigenvalue weighted by Gasteiger charge is 2.43. The lowest BCUT2D eigenvalue weighted by Crippen LogP contribution is -2.29. The van der Waals surface area contributed by atoms with Crippen molar-refractivity contribution in [3.05, 3.63) is 98.8 Å². The molecule has 0 radical (unpaired) electrons. The average Bonchev–Trinajstić information content (AvgIpc) is 3.32. The van der Waals surface area contributed by atoms with Gasteiger partial charge in [-0.15, -0.1) is 0 Å². The summed E-state index contributed by atoms with van der Waals surface area (Å²) >= 11 is 0. The Labute approximate surface area is 172 Å². The molecule has 6 heteroatoms. The number of phenols is 1. The maximum absolute atomic E-state index is 13.5. The van der Waals surface area contributed by atoms with Crippen molar-refractivity contribution in [1.82, 2.24) is 4.90 Å². The standard InChI is InChI=1S/C24H19NO5/c1-13-9-18-19(10-14(13)2)30-23-20(22(18)27)21(15-5-3-6-16(26)11-15)25(24(23)28)12-17-7-4-8-29-17/h3-11,21,26H,12H2,1-2H3/t21-/m1/s1. The lowest BCUT2D eigenvalue weighted by Gasteiger charge is -2.24. The summed E-state index contributed by atoms with van der Waals surface area (Å²) in [6.07, 6.45) is 1.54. The van der Waals surface area contributed by atoms with Gasteiger partial charge in [0.15, 0.2) is 5.43 Å². The Hall–Kier alpha value is -3.80. The van der Waals surface area contributed by atoms with Gasteiger partial charge in [0.2, 0.25) is 5.76 Å². The van der Waals surface area contributed by atoms with Gasteiger partial charge in [-0.05, 0) is 66.9 Å². The SMILES string of the molecule is Cc1cc2oc3c(c(=O)c2cc1C)[C@@H](c1cccc(O)c1)N(Cc1ccco1)C3=O. The minimum absolute atomic E-state index is 0.0376. The first-order valence-electron chi connectivity index (χ1n) is 9.64. The molecule has 0 bridgehead atoms. The van der Waals surface area contributed by atoms with E-state index in [1.54, 1.807) is 53.4 Å². The molecule has 5 rings (SSSR count). The second-order valence-corrected chi connectivity index (χ2v) is 7.62. The third kappa shape index (κ3) is 2.72. The molecule has 3 heterocycles. The molecule has 0 saturated heterocycles. The highest BCUT2D eigenvalue weighted by atomic mass is 16.4. The predicted octanol–water partition coefficient (Wildman–Crippen LogP) is 4.45. The number of hydrogen-bond donors (Lipinski definition) is 1. The van der Waals surface area contributed by atoms with Gasteiger partial charge in [-0.2, -0.15) is 0 Å². The van der Waals surface area contributed by atoms with Crippen LogP contribution in [0.1, 0.15) is 44.6 Å². The van der Waals surface area contributed by atoms with Gasteiger partial charge in [0.1, 0.15) is 17.1 Å². The van der Waals surface area contributed by atoms with Gasteiger partial charge < -0.3 is 18.8 Å². The fraction of sp³-hybridized carbons (Fsp3) is 0.167. The number of benzene rings is 2. The van der Waals surface area contributed by atoms with Crippen LogP contribution in [0.4, 0.5) is 0 Å². The largest absolute Gasteiger partial charge is 0.508 e. The minimum atomic E-state index is -0.688. The molecule has 4 aromatic rings. The number of fused-ring (bicyclic) bond motifs is 2. The molecule has 1 amide bonds. The lowest BCUT2D eigenvalue weighted by atomic mass is 9.97. The molecule has 0 saturated carbocycles. The molecular weight excluding hydrogens is 382 g/mol. The van der Waals surface area contributed by atoms with E-state index in [9.17, 15) is 14.7 Å². The monoisotopic (exact) mass is 401 g/mol. The van der Waals surface area contributed by atoms with Gasteiger partial charge in [-0.3, -0.25) is 9.59 Å². The minimum Gasteiger partial charge on any atom is -0.508 e. The molecular formula is C24H19NO5. The van der Waals surface area contributed by atoms with E-state index < -0.39 is 6.04 Å². The molecule has 150 valence electrons. The lowest BCUT2D eigenvalue weighted by molar-refractivity contribution is 0.0701. The highest BCUT2D eigenvalue weighted by Crippen LogP contribution is 2.40. The van der Waals surface area contributed by atoms with Crippen LogP contribution in [0.2, 0.25) is 0 Å². The number of aromatic hydroxyl groups is 1. The topological polar surface area (TPSA) is 83.9 Å². The third-order valence-electron chi connectivity index (χ3n) is 5.67. The van der Waals surface area contributed by atoms with E-state index >= 15 is 0 Å². The van der Waals surface area contributed by atoms with Crippen LogP contribution in [0.5, 0.6) is 5.75 Å². The van der Waals surface area contributed by atoms with E-state index in [0.29, 0.717) is 22.3 Å². The van der Waals surface area contributed by atoms with Gasteiger partial charge >= 0.3 is 0 Å². The van der Waals surface area contributed by atoms with Crippen LogP contribution in [0, 0.1) is 13.8 Å². The van der Waals surface area contributed by atoms with E-state index in [1.807, 2.05) is 13.8 Å². The van der Waals surface area contributed by atoms with Crippen LogP contribution in [-0.2, 0) is 6.54 Å². The Morgan fingerprint density at radius 3 is 2.57 bits per heavy atom. The van der Waals surface area contributed by atoms with E-state index in [4.69, 9.17) is 8.83 Å². The quantitative estimate of drug-likeness (QED) is 0.548. The van der Waals surface area contributed by atoms with Gasteiger partial charge in [0, 0.05) is 0 Å². The number of carbonyl (C=O) groups is 1. The first-order valence-corrected chi connectivity index (χ1v) is 9.64. The van der Waals surface area contributed by atoms with Crippen molar-refractivity contribution >= 4 is 16.9 Å². The summed E-state index contributed by atoms with van der Waals surface area (Å²) < 4.78 is 11.4. The maximum Gasteiger partial charge on any atom is 0.291 e. The van der Waals surface area contributed by atoms with Crippen molar-refractivity contribution < 1.29 is 18.7 Å². The van der Waals surface area contributed by atoms with E-state index in [-0.39, 0.29) is 35.0 Å². The molecule has 1 atom stereocenters. The summed E-state index contributed by atoms with van der Waals surface area (Å²) in [5.74, 6) is 0.301. The molecule has 1 aliphatic rings. The number of nitrogens with zero attached hydrogens (tertiary/aromatic N) is 1. The molecule has 0 unspecified atom stereocenters. The zero-order valence-corrected chi connectivity index (χ0v) is 16.5. The molecule has 1 N–H and O–H groups in total. The van der Waals surface area contributed by atoms with Crippen molar-refractivity contribution in [3.63, 3.8) is 0 Å². The Balaban J connectivity index is 1.77. The van der Waals surface area contributed by atoms with Gasteiger partial charge in [0.25, 0.3) is 5.91 Å². The molecule has 2 aromatic heterocycles. The number of rotatable bonds is 3. The fourth-order valence-electron chi connectivity index (χ4n) is 4.05. The molecule has 0 fully saturated rings. The van der Waals surface area contributed by atoms with Crippen LogP contribution < -0.4 is 5.43 Å². The predicted molar refractivity (Wildman–Crippen MR) is 110 cm³/mol. The number of phenolic OH excluding ortho intramolecular Hbond substituents is 1. The number of hydrogen-bond acceptors (Lipinski definition) is 5. The summed E-state index contributed by atoms with van der Waals surface area (Å²) in [6, 6.07) is 13.0. The zero-order valence-electron chi connectivity index (χ0n) is 16.5. The van der Waals surface area contributed by atoms with Crippen molar-refractivity contribution in [1.29, 1.82) is 0 Å². The first-order chi connectivity index (χ1) is 14.4. The van der Waals surface area contributed by atoms with Gasteiger partial charge in [-0.1, -0.05) is 12.1 Å². The van der Waals surface area contributed by atoms with E-state index in [2.05, 4.69) is 0 Å². The summed E-state index contributed by atoms with van der Waals surface area (Å²) in [5, 5.41) is 10.5. The Morgan fingerprint density at radius 2 is 1.83 bits per heavy atom.